The van der Waals surface area contributed by atoms with Crippen LogP contribution in [0.3, 0.4) is 0 Å². The molecule has 0 N–H and O–H groups in total. The average molecular weight is 489 g/mol. The Labute approximate surface area is 172 Å². The molecule has 0 atom stereocenters. The van der Waals surface area contributed by atoms with Crippen LogP contribution in [-0.4, -0.2) is 67.3 Å². The van der Waals surface area contributed by atoms with Crippen molar-refractivity contribution in [1.29, 1.82) is 0 Å². The largest absolute Gasteiger partial charge is 2.00 e. The van der Waals surface area contributed by atoms with Crippen molar-refractivity contribution in [2.24, 2.45) is 0 Å². The van der Waals surface area contributed by atoms with Gasteiger partial charge in [0.1, 0.15) is 0 Å². The number of carbonyl (C=O) groups excluding carboxylic acids is 2. The Bertz CT molecular complexity index is 540. The zero-order chi connectivity index (χ0) is 16.2. The number of carboxylic acid groups (broad SMARTS) is 2. The van der Waals surface area contributed by atoms with Crippen molar-refractivity contribution in [3.63, 3.8) is 0 Å². The molecule has 0 bridgehead atoms. The van der Waals surface area contributed by atoms with E-state index in [1.54, 1.807) is 36.9 Å². The normalized spacial score (nSPS) is 8.32. The van der Waals surface area contributed by atoms with E-state index in [0.717, 1.165) is 23.5 Å². The Morgan fingerprint density at radius 1 is 0.760 bits per heavy atom. The van der Waals surface area contributed by atoms with Crippen LogP contribution in [0.4, 0.5) is 0 Å². The number of hydrogen-bond donors (Lipinski definition) is 0. The van der Waals surface area contributed by atoms with E-state index >= 15 is 0 Å². The molecule has 2 aromatic heterocycles. The van der Waals surface area contributed by atoms with Crippen LogP contribution in [0.25, 0.3) is 0 Å². The first-order valence-corrected chi connectivity index (χ1v) is 7.74. The fourth-order valence-electron chi connectivity index (χ4n) is 0.967. The van der Waals surface area contributed by atoms with E-state index in [2.05, 4.69) is 19.9 Å². The van der Waals surface area contributed by atoms with Crippen LogP contribution in [-0.2, 0) is 9.59 Å². The molecule has 0 aromatic carbocycles. The SMILES string of the molecule is C.C.O=C([O-])CSc1ncccn1.O=C([O-])CSc1ncccn1.[Sn+2]. The first kappa shape index (κ1) is 28.4. The predicted octanol–water partition coefficient (Wildman–Crippen LogP) is -0.471. The van der Waals surface area contributed by atoms with Crippen molar-refractivity contribution in [2.45, 2.75) is 25.2 Å². The van der Waals surface area contributed by atoms with Gasteiger partial charge in [-0.2, -0.15) is 0 Å². The number of rotatable bonds is 6. The van der Waals surface area contributed by atoms with Crippen LogP contribution in [0.5, 0.6) is 0 Å². The molecule has 2 heterocycles. The summed E-state index contributed by atoms with van der Waals surface area (Å²) >= 11 is 2.09. The van der Waals surface area contributed by atoms with Crippen LogP contribution in [0.1, 0.15) is 14.9 Å². The molecule has 0 aliphatic heterocycles. The summed E-state index contributed by atoms with van der Waals surface area (Å²) in [6.45, 7) is 0. The number of aliphatic carboxylic acids is 2. The molecule has 0 aliphatic rings. The molecule has 11 heteroatoms. The van der Waals surface area contributed by atoms with Gasteiger partial charge in [-0.1, -0.05) is 38.4 Å². The fourth-order valence-corrected chi connectivity index (χ4v) is 2.00. The number of hydrogen-bond acceptors (Lipinski definition) is 10. The Morgan fingerprint density at radius 2 is 1.04 bits per heavy atom. The van der Waals surface area contributed by atoms with Crippen molar-refractivity contribution in [3.8, 4) is 0 Å². The van der Waals surface area contributed by atoms with Gasteiger partial charge in [-0.15, -0.1) is 0 Å². The molecule has 0 aliphatic carbocycles. The van der Waals surface area contributed by atoms with Gasteiger partial charge in [-0.25, -0.2) is 19.9 Å². The zero-order valence-electron chi connectivity index (χ0n) is 11.6. The smallest absolute Gasteiger partial charge is 0.549 e. The molecule has 2 rings (SSSR count). The summed E-state index contributed by atoms with van der Waals surface area (Å²) in [5.74, 6) is -2.43. The van der Waals surface area contributed by atoms with E-state index in [4.69, 9.17) is 0 Å². The van der Waals surface area contributed by atoms with Crippen molar-refractivity contribution in [2.75, 3.05) is 11.5 Å². The van der Waals surface area contributed by atoms with Crippen molar-refractivity contribution in [3.05, 3.63) is 36.9 Å². The number of carbonyl (C=O) groups is 2. The molecule has 0 fully saturated rings. The molecular weight excluding hydrogens is 471 g/mol. The van der Waals surface area contributed by atoms with Gasteiger partial charge in [0.25, 0.3) is 0 Å². The molecule has 2 radical (unpaired) electrons. The minimum Gasteiger partial charge on any atom is -0.549 e. The summed E-state index contributed by atoms with van der Waals surface area (Å²) in [6, 6.07) is 3.34. The molecule has 0 spiro atoms. The monoisotopic (exact) mass is 490 g/mol. The van der Waals surface area contributed by atoms with E-state index in [9.17, 15) is 19.8 Å². The Kier molecular flexibility index (Phi) is 19.8. The van der Waals surface area contributed by atoms with Crippen LogP contribution >= 0.6 is 23.5 Å². The average Bonchev–Trinajstić information content (AvgIpc) is 2.53. The molecule has 0 amide bonds. The number of nitrogens with zero attached hydrogens (tertiary/aromatic N) is 4. The van der Waals surface area contributed by atoms with E-state index in [-0.39, 0.29) is 50.3 Å². The molecule has 25 heavy (non-hydrogen) atoms. The van der Waals surface area contributed by atoms with E-state index in [1.165, 1.54) is 0 Å². The van der Waals surface area contributed by atoms with Crippen LogP contribution in [0, 0.1) is 0 Å². The maximum absolute atomic E-state index is 9.99. The van der Waals surface area contributed by atoms with Crippen LogP contribution in [0.15, 0.2) is 47.2 Å². The second-order valence-corrected chi connectivity index (χ2v) is 5.27. The molecule has 0 saturated carbocycles. The second kappa shape index (κ2) is 17.4. The maximum atomic E-state index is 9.99. The van der Waals surface area contributed by atoms with Crippen LogP contribution in [0.2, 0.25) is 0 Å². The molecular formula is C14H18N4O4S2Sn. The molecule has 0 saturated heterocycles. The van der Waals surface area contributed by atoms with Gasteiger partial charge in [0.2, 0.25) is 0 Å². The third kappa shape index (κ3) is 15.8. The van der Waals surface area contributed by atoms with Gasteiger partial charge in [0, 0.05) is 36.3 Å². The summed E-state index contributed by atoms with van der Waals surface area (Å²) < 4.78 is 0. The number of thioether (sulfide) groups is 2. The Morgan fingerprint density at radius 3 is 1.28 bits per heavy atom. The molecule has 0 unspecified atom stereocenters. The molecule has 8 nitrogen and oxygen atoms in total. The van der Waals surface area contributed by atoms with Crippen molar-refractivity contribution >= 4 is 59.4 Å². The summed E-state index contributed by atoms with van der Waals surface area (Å²) in [7, 11) is 0. The first-order valence-electron chi connectivity index (χ1n) is 5.77. The van der Waals surface area contributed by atoms with E-state index in [0.29, 0.717) is 10.3 Å². The number of carboxylic acids is 2. The summed E-state index contributed by atoms with van der Waals surface area (Å²) in [4.78, 5) is 35.2. The fraction of sp³-hybridized carbons (Fsp3) is 0.286. The molecule has 134 valence electrons. The number of aromatic nitrogens is 4. The van der Waals surface area contributed by atoms with E-state index < -0.39 is 11.9 Å². The van der Waals surface area contributed by atoms with Gasteiger partial charge in [-0.3, -0.25) is 0 Å². The standard InChI is InChI=1S/2C6H6N2O2S.2CH4.Sn/c2*9-5(10)4-11-6-7-2-1-3-8-6;;;/h2*1-3H,4H2,(H,9,10);2*1H4;/q;;;;+2/p-2. The maximum Gasteiger partial charge on any atom is 2.00 e. The third-order valence-corrected chi connectivity index (χ3v) is 3.42. The van der Waals surface area contributed by atoms with E-state index in [1.807, 2.05) is 0 Å². The second-order valence-electron chi connectivity index (χ2n) is 3.38. The summed E-state index contributed by atoms with van der Waals surface area (Å²) in [5.41, 5.74) is 0. The van der Waals surface area contributed by atoms with Gasteiger partial charge >= 0.3 is 23.9 Å². The summed E-state index contributed by atoms with van der Waals surface area (Å²) in [5, 5.41) is 20.9. The Hall–Kier alpha value is -1.40. The van der Waals surface area contributed by atoms with Gasteiger partial charge in [0.05, 0.1) is 11.9 Å². The quantitative estimate of drug-likeness (QED) is 0.298. The van der Waals surface area contributed by atoms with Crippen molar-refractivity contribution in [1.82, 2.24) is 19.9 Å². The Balaban J connectivity index is -0.000000346. The van der Waals surface area contributed by atoms with Gasteiger partial charge in [-0.05, 0) is 12.1 Å². The van der Waals surface area contributed by atoms with Gasteiger partial charge < -0.3 is 19.8 Å². The van der Waals surface area contributed by atoms with Gasteiger partial charge in [0.15, 0.2) is 10.3 Å². The van der Waals surface area contributed by atoms with Crippen molar-refractivity contribution < 1.29 is 19.8 Å². The topological polar surface area (TPSA) is 132 Å². The minimum atomic E-state index is -1.11. The zero-order valence-corrected chi connectivity index (χ0v) is 16.1. The van der Waals surface area contributed by atoms with Crippen LogP contribution < -0.4 is 10.2 Å². The first-order chi connectivity index (χ1) is 10.6. The molecule has 2 aromatic rings. The summed E-state index contributed by atoms with van der Waals surface area (Å²) in [6.07, 6.45) is 6.24. The predicted molar refractivity (Wildman–Crippen MR) is 94.7 cm³/mol. The minimum absolute atomic E-state index is 0. The third-order valence-electron chi connectivity index (χ3n) is 1.72.